The van der Waals surface area contributed by atoms with Crippen molar-refractivity contribution >= 4 is 23.3 Å². The molecule has 0 unspecified atom stereocenters. The molecule has 0 aliphatic heterocycles. The summed E-state index contributed by atoms with van der Waals surface area (Å²) >= 11 is 5.36. The molecule has 0 atom stereocenters. The third kappa shape index (κ3) is 2.22. The fourth-order valence-electron chi connectivity index (χ4n) is 2.15. The number of ether oxygens (including phenoxy) is 1. The highest BCUT2D eigenvalue weighted by Gasteiger charge is 2.09. The monoisotopic (exact) mass is 289 g/mol. The Kier molecular flexibility index (Phi) is 3.31. The zero-order chi connectivity index (χ0) is 14.1. The molecule has 0 saturated heterocycles. The highest BCUT2D eigenvalue weighted by atomic mass is 32.1. The van der Waals surface area contributed by atoms with E-state index in [1.54, 1.807) is 13.3 Å². The van der Waals surface area contributed by atoms with Crippen LogP contribution < -0.4 is 4.74 Å². The van der Waals surface area contributed by atoms with Crippen molar-refractivity contribution in [2.75, 3.05) is 7.11 Å². The van der Waals surface area contributed by atoms with Crippen molar-refractivity contribution in [3.05, 3.63) is 40.8 Å². The molecule has 2 aromatic heterocycles. The third-order valence-electron chi connectivity index (χ3n) is 3.22. The molecule has 0 amide bonds. The van der Waals surface area contributed by atoms with Gasteiger partial charge in [0.2, 0.25) is 5.89 Å². The molecule has 3 aromatic rings. The smallest absolute Gasteiger partial charge is 0.214 e. The summed E-state index contributed by atoms with van der Waals surface area (Å²) in [6.45, 7) is 2.55. The van der Waals surface area contributed by atoms with Gasteiger partial charge in [-0.25, -0.2) is 4.98 Å². The van der Waals surface area contributed by atoms with Gasteiger partial charge in [0.05, 0.1) is 24.3 Å². The van der Waals surface area contributed by atoms with Gasteiger partial charge in [0.15, 0.2) is 4.77 Å². The number of H-pyrrole nitrogens is 1. The van der Waals surface area contributed by atoms with Crippen LogP contribution in [-0.4, -0.2) is 21.6 Å². The van der Waals surface area contributed by atoms with E-state index in [2.05, 4.69) is 9.97 Å². The van der Waals surface area contributed by atoms with Crippen molar-refractivity contribution in [3.63, 3.8) is 0 Å². The first-order valence-electron chi connectivity index (χ1n) is 6.41. The van der Waals surface area contributed by atoms with E-state index in [4.69, 9.17) is 21.4 Å². The lowest BCUT2D eigenvalue weighted by atomic mass is 10.3. The number of benzene rings is 1. The summed E-state index contributed by atoms with van der Waals surface area (Å²) in [5, 5.41) is 0. The van der Waals surface area contributed by atoms with Gasteiger partial charge in [-0.15, -0.1) is 0 Å². The molecule has 0 spiro atoms. The first kappa shape index (κ1) is 12.9. The lowest BCUT2D eigenvalue weighted by Gasteiger charge is -2.02. The topological polar surface area (TPSA) is 56.0 Å². The lowest BCUT2D eigenvalue weighted by molar-refractivity contribution is 0.415. The minimum atomic E-state index is 0.519. The van der Waals surface area contributed by atoms with Gasteiger partial charge in [0.25, 0.3) is 0 Å². The molecule has 1 aromatic carbocycles. The van der Waals surface area contributed by atoms with E-state index >= 15 is 0 Å². The Balaban J connectivity index is 2.02. The molecule has 0 aliphatic rings. The van der Waals surface area contributed by atoms with Crippen LogP contribution in [-0.2, 0) is 13.0 Å². The van der Waals surface area contributed by atoms with Crippen LogP contribution in [0.3, 0.4) is 0 Å². The van der Waals surface area contributed by atoms with E-state index in [-0.39, 0.29) is 0 Å². The van der Waals surface area contributed by atoms with Crippen molar-refractivity contribution in [1.29, 1.82) is 0 Å². The van der Waals surface area contributed by atoms with Crippen LogP contribution in [0.4, 0.5) is 0 Å². The molecule has 2 heterocycles. The van der Waals surface area contributed by atoms with E-state index in [9.17, 15) is 0 Å². The van der Waals surface area contributed by atoms with E-state index in [0.29, 0.717) is 17.2 Å². The number of imidazole rings is 1. The summed E-state index contributed by atoms with van der Waals surface area (Å²) in [6.07, 6.45) is 2.60. The van der Waals surface area contributed by atoms with Crippen molar-refractivity contribution in [1.82, 2.24) is 14.5 Å². The highest BCUT2D eigenvalue weighted by molar-refractivity contribution is 7.71. The maximum absolute atomic E-state index is 5.64. The van der Waals surface area contributed by atoms with Gasteiger partial charge in [-0.2, -0.15) is 0 Å². The van der Waals surface area contributed by atoms with Gasteiger partial charge in [0.1, 0.15) is 18.1 Å². The van der Waals surface area contributed by atoms with Gasteiger partial charge in [0, 0.05) is 12.5 Å². The van der Waals surface area contributed by atoms with Gasteiger partial charge in [-0.05, 0) is 24.4 Å². The van der Waals surface area contributed by atoms with Gasteiger partial charge in [-0.1, -0.05) is 6.92 Å². The fraction of sp³-hybridized carbons (Fsp3) is 0.286. The summed E-state index contributed by atoms with van der Waals surface area (Å²) in [6, 6.07) is 5.81. The number of nitrogens with zero attached hydrogens (tertiary/aromatic N) is 2. The molecule has 3 rings (SSSR count). The molecule has 0 aliphatic carbocycles. The van der Waals surface area contributed by atoms with Crippen LogP contribution in [0.2, 0.25) is 0 Å². The number of methoxy groups -OCH3 is 1. The Morgan fingerprint density at radius 3 is 3.00 bits per heavy atom. The van der Waals surface area contributed by atoms with Crippen LogP contribution in [0, 0.1) is 4.77 Å². The highest BCUT2D eigenvalue weighted by Crippen LogP contribution is 2.21. The third-order valence-corrected chi connectivity index (χ3v) is 3.55. The van der Waals surface area contributed by atoms with Crippen LogP contribution in [0.5, 0.6) is 5.75 Å². The fourth-order valence-corrected chi connectivity index (χ4v) is 2.42. The number of hydrogen-bond acceptors (Lipinski definition) is 4. The maximum Gasteiger partial charge on any atom is 0.214 e. The summed E-state index contributed by atoms with van der Waals surface area (Å²) in [5.74, 6) is 2.34. The predicted octanol–water partition coefficient (Wildman–Crippen LogP) is 3.31. The molecule has 5 nitrogen and oxygen atoms in total. The van der Waals surface area contributed by atoms with Crippen molar-refractivity contribution in [2.24, 2.45) is 0 Å². The zero-order valence-corrected chi connectivity index (χ0v) is 12.2. The number of fused-ring (bicyclic) bond motifs is 1. The van der Waals surface area contributed by atoms with Crippen molar-refractivity contribution in [2.45, 2.75) is 19.9 Å². The van der Waals surface area contributed by atoms with Crippen LogP contribution in [0.1, 0.15) is 18.6 Å². The van der Waals surface area contributed by atoms with E-state index in [1.807, 2.05) is 29.7 Å². The zero-order valence-electron chi connectivity index (χ0n) is 11.3. The number of aromatic amines is 1. The predicted molar refractivity (Wildman–Crippen MR) is 78.7 cm³/mol. The Hall–Kier alpha value is -2.08. The molecule has 20 heavy (non-hydrogen) atoms. The Bertz CT molecular complexity index is 800. The number of aryl methyl sites for hydroxylation is 1. The van der Waals surface area contributed by atoms with E-state index in [0.717, 1.165) is 29.0 Å². The second kappa shape index (κ2) is 5.13. The largest absolute Gasteiger partial charge is 0.497 e. The molecule has 0 fully saturated rings. The lowest BCUT2D eigenvalue weighted by Crippen LogP contribution is -1.99. The first-order chi connectivity index (χ1) is 9.71. The molecule has 0 radical (unpaired) electrons. The van der Waals surface area contributed by atoms with Crippen LogP contribution in [0.15, 0.2) is 28.8 Å². The van der Waals surface area contributed by atoms with Gasteiger partial charge >= 0.3 is 0 Å². The molecule has 0 bridgehead atoms. The number of aromatic nitrogens is 3. The Labute approximate surface area is 121 Å². The summed E-state index contributed by atoms with van der Waals surface area (Å²) in [7, 11) is 1.64. The Morgan fingerprint density at radius 2 is 2.30 bits per heavy atom. The second-order valence-corrected chi connectivity index (χ2v) is 4.86. The quantitative estimate of drug-likeness (QED) is 0.749. The minimum Gasteiger partial charge on any atom is -0.497 e. The van der Waals surface area contributed by atoms with Crippen molar-refractivity contribution in [3.8, 4) is 5.75 Å². The van der Waals surface area contributed by atoms with Gasteiger partial charge in [-0.3, -0.25) is 0 Å². The van der Waals surface area contributed by atoms with Crippen LogP contribution in [0.25, 0.3) is 11.0 Å². The number of hydrogen-bond donors (Lipinski definition) is 1. The number of oxazole rings is 1. The average Bonchev–Trinajstić information content (AvgIpc) is 3.04. The van der Waals surface area contributed by atoms with E-state index < -0.39 is 0 Å². The second-order valence-electron chi connectivity index (χ2n) is 4.47. The molecule has 6 heteroatoms. The first-order valence-corrected chi connectivity index (χ1v) is 6.82. The SMILES string of the molecule is CCc1cnc(Cn2c(=S)[nH]c3cc(OC)ccc32)o1. The normalized spacial score (nSPS) is 11.1. The average molecular weight is 289 g/mol. The van der Waals surface area contributed by atoms with Gasteiger partial charge < -0.3 is 18.7 Å². The number of nitrogens with one attached hydrogen (secondary N) is 1. The summed E-state index contributed by atoms with van der Waals surface area (Å²) in [5.41, 5.74) is 1.95. The molecule has 0 saturated carbocycles. The summed E-state index contributed by atoms with van der Waals surface area (Å²) in [4.78, 5) is 7.44. The number of rotatable bonds is 4. The summed E-state index contributed by atoms with van der Waals surface area (Å²) < 4.78 is 13.5. The molecular formula is C14H15N3O2S. The Morgan fingerprint density at radius 1 is 1.45 bits per heavy atom. The maximum atomic E-state index is 5.64. The molecular weight excluding hydrogens is 274 g/mol. The standard InChI is InChI=1S/C14H15N3O2S/c1-3-9-7-15-13(19-9)8-17-12-5-4-10(18-2)6-11(12)16-14(17)20/h4-7H,3,8H2,1-2H3,(H,16,20). The minimum absolute atomic E-state index is 0.519. The van der Waals surface area contributed by atoms with E-state index in [1.165, 1.54) is 0 Å². The molecule has 1 N–H and O–H groups in total. The van der Waals surface area contributed by atoms with Crippen LogP contribution >= 0.6 is 12.2 Å². The molecule has 104 valence electrons. The van der Waals surface area contributed by atoms with Crippen molar-refractivity contribution < 1.29 is 9.15 Å².